The average molecular weight is 477 g/mol. The number of pyridine rings is 1. The van der Waals surface area contributed by atoms with Gasteiger partial charge in [0, 0.05) is 48.9 Å². The summed E-state index contributed by atoms with van der Waals surface area (Å²) in [6.07, 6.45) is 3.26. The molecule has 5 rings (SSSR count). The fraction of sp³-hybridized carbons (Fsp3) is 0.429. The average Bonchev–Trinajstić information content (AvgIpc) is 3.23. The molecule has 2 fully saturated rings. The van der Waals surface area contributed by atoms with Crippen LogP contribution in [0.5, 0.6) is 5.75 Å². The molecule has 0 aliphatic carbocycles. The molecule has 0 bridgehead atoms. The molecule has 0 unspecified atom stereocenters. The van der Waals surface area contributed by atoms with Gasteiger partial charge in [0.05, 0.1) is 13.1 Å². The van der Waals surface area contributed by atoms with Gasteiger partial charge in [-0.05, 0) is 49.6 Å². The topological polar surface area (TPSA) is 57.7 Å². The zero-order valence-electron chi connectivity index (χ0n) is 20.2. The summed E-state index contributed by atoms with van der Waals surface area (Å²) in [7, 11) is 0. The van der Waals surface area contributed by atoms with Crippen LogP contribution in [-0.2, 0) is 11.4 Å². The lowest BCUT2D eigenvalue weighted by Crippen LogP contribution is -2.46. The summed E-state index contributed by atoms with van der Waals surface area (Å²) in [5, 5.41) is 4.74. The van der Waals surface area contributed by atoms with E-state index < -0.39 is 6.17 Å². The highest BCUT2D eigenvalue weighted by Gasteiger charge is 2.33. The van der Waals surface area contributed by atoms with Gasteiger partial charge in [-0.1, -0.05) is 30.3 Å². The zero-order valence-corrected chi connectivity index (χ0v) is 20.2. The Kier molecular flexibility index (Phi) is 7.13. The van der Waals surface area contributed by atoms with Crippen LogP contribution >= 0.6 is 0 Å². The number of alkyl halides is 1. The molecule has 0 spiro atoms. The van der Waals surface area contributed by atoms with E-state index in [4.69, 9.17) is 4.74 Å². The van der Waals surface area contributed by atoms with Crippen molar-refractivity contribution in [1.29, 1.82) is 0 Å². The van der Waals surface area contributed by atoms with E-state index >= 15 is 0 Å². The minimum absolute atomic E-state index is 0.00163. The Bertz CT molecular complexity index is 1150. The number of halogens is 1. The van der Waals surface area contributed by atoms with E-state index in [1.54, 1.807) is 11.1 Å². The summed E-state index contributed by atoms with van der Waals surface area (Å²) in [4.78, 5) is 21.1. The number of ether oxygens (including phenoxy) is 1. The van der Waals surface area contributed by atoms with Crippen molar-refractivity contribution in [3.8, 4) is 5.75 Å². The number of likely N-dealkylation sites (tertiary alicyclic amines) is 2. The number of rotatable bonds is 7. The third kappa shape index (κ3) is 5.56. The molecule has 2 atom stereocenters. The molecule has 184 valence electrons. The van der Waals surface area contributed by atoms with Crippen LogP contribution in [0, 0.1) is 0 Å². The second-order valence-electron chi connectivity index (χ2n) is 9.71. The number of hydrogen-bond donors (Lipinski definition) is 1. The van der Waals surface area contributed by atoms with E-state index in [0.717, 1.165) is 53.8 Å². The molecule has 1 N–H and O–H groups in total. The molecule has 2 aliphatic heterocycles. The maximum Gasteiger partial charge on any atom is 0.237 e. The number of aromatic nitrogens is 1. The normalized spacial score (nSPS) is 21.4. The van der Waals surface area contributed by atoms with Crippen LogP contribution in [0.2, 0.25) is 0 Å². The molecule has 0 saturated carbocycles. The smallest absolute Gasteiger partial charge is 0.237 e. The minimum atomic E-state index is -0.886. The first-order chi connectivity index (χ1) is 17.1. The van der Waals surface area contributed by atoms with Crippen LogP contribution in [0.1, 0.15) is 31.7 Å². The second kappa shape index (κ2) is 10.6. The van der Waals surface area contributed by atoms with Crippen molar-refractivity contribution < 1.29 is 13.9 Å². The van der Waals surface area contributed by atoms with E-state index in [1.165, 1.54) is 0 Å². The van der Waals surface area contributed by atoms with Crippen molar-refractivity contribution in [2.24, 2.45) is 0 Å². The van der Waals surface area contributed by atoms with Gasteiger partial charge < -0.3 is 15.0 Å². The second-order valence-corrected chi connectivity index (χ2v) is 9.71. The van der Waals surface area contributed by atoms with Gasteiger partial charge in [0.1, 0.15) is 24.0 Å². The van der Waals surface area contributed by atoms with Crippen LogP contribution in [0.25, 0.3) is 10.9 Å². The lowest BCUT2D eigenvalue weighted by molar-refractivity contribution is -0.133. The molecule has 7 heteroatoms. The van der Waals surface area contributed by atoms with E-state index in [0.29, 0.717) is 25.6 Å². The first-order valence-corrected chi connectivity index (χ1v) is 12.5. The van der Waals surface area contributed by atoms with E-state index in [2.05, 4.69) is 39.5 Å². The summed E-state index contributed by atoms with van der Waals surface area (Å²) in [5.74, 6) is 0.821. The van der Waals surface area contributed by atoms with Crippen LogP contribution < -0.4 is 10.1 Å². The first kappa shape index (κ1) is 23.5. The molecular weight excluding hydrogens is 443 g/mol. The van der Waals surface area contributed by atoms with Crippen molar-refractivity contribution in [2.75, 3.05) is 31.5 Å². The number of benzene rings is 2. The minimum Gasteiger partial charge on any atom is -0.487 e. The predicted octanol–water partition coefficient (Wildman–Crippen LogP) is 4.65. The van der Waals surface area contributed by atoms with Crippen molar-refractivity contribution >= 4 is 22.5 Å². The molecule has 3 aromatic rings. The van der Waals surface area contributed by atoms with Gasteiger partial charge in [0.25, 0.3) is 0 Å². The molecule has 2 aromatic carbocycles. The van der Waals surface area contributed by atoms with Crippen LogP contribution in [0.4, 0.5) is 10.1 Å². The predicted molar refractivity (Wildman–Crippen MR) is 136 cm³/mol. The Morgan fingerprint density at radius 2 is 1.91 bits per heavy atom. The van der Waals surface area contributed by atoms with Crippen molar-refractivity contribution in [3.63, 3.8) is 0 Å². The number of hydrogen-bond acceptors (Lipinski definition) is 5. The molecule has 6 nitrogen and oxygen atoms in total. The van der Waals surface area contributed by atoms with Crippen molar-refractivity contribution in [1.82, 2.24) is 14.8 Å². The SMILES string of the molecule is C[C@@H]1C[C@H](F)CN1C(=O)CN1CCC(Nc2ccc(OCc3ccccc3)c3ncccc23)CC1. The number of fused-ring (bicyclic) bond motifs is 1. The highest BCUT2D eigenvalue weighted by Crippen LogP contribution is 2.32. The largest absolute Gasteiger partial charge is 0.487 e. The van der Waals surface area contributed by atoms with Gasteiger partial charge in [-0.2, -0.15) is 0 Å². The Morgan fingerprint density at radius 1 is 1.11 bits per heavy atom. The number of anilines is 1. The van der Waals surface area contributed by atoms with Gasteiger partial charge >= 0.3 is 0 Å². The lowest BCUT2D eigenvalue weighted by atomic mass is 10.0. The third-order valence-electron chi connectivity index (χ3n) is 7.12. The van der Waals surface area contributed by atoms with Gasteiger partial charge in [-0.25, -0.2) is 4.39 Å². The molecule has 0 radical (unpaired) electrons. The van der Waals surface area contributed by atoms with Gasteiger partial charge in [0.2, 0.25) is 5.91 Å². The number of piperidine rings is 1. The lowest BCUT2D eigenvalue weighted by Gasteiger charge is -2.34. The molecule has 2 saturated heterocycles. The molecular formula is C28H33FN4O2. The summed E-state index contributed by atoms with van der Waals surface area (Å²) >= 11 is 0. The van der Waals surface area contributed by atoms with Gasteiger partial charge in [0.15, 0.2) is 0 Å². The first-order valence-electron chi connectivity index (χ1n) is 12.5. The molecule has 35 heavy (non-hydrogen) atoms. The zero-order chi connectivity index (χ0) is 24.2. The molecule has 3 heterocycles. The highest BCUT2D eigenvalue weighted by atomic mass is 19.1. The number of carbonyl (C=O) groups excluding carboxylic acids is 1. The van der Waals surface area contributed by atoms with Gasteiger partial charge in [-0.3, -0.25) is 14.7 Å². The fourth-order valence-corrected chi connectivity index (χ4v) is 5.17. The Hall–Kier alpha value is -3.19. The van der Waals surface area contributed by atoms with Crippen LogP contribution in [-0.4, -0.2) is 65.1 Å². The number of amides is 1. The van der Waals surface area contributed by atoms with E-state index in [-0.39, 0.29) is 18.5 Å². The quantitative estimate of drug-likeness (QED) is 0.538. The summed E-state index contributed by atoms with van der Waals surface area (Å²) in [6, 6.07) is 18.5. The van der Waals surface area contributed by atoms with Crippen molar-refractivity contribution in [3.05, 3.63) is 66.4 Å². The maximum atomic E-state index is 13.7. The van der Waals surface area contributed by atoms with Gasteiger partial charge in [-0.15, -0.1) is 0 Å². The molecule has 2 aliphatic rings. The Morgan fingerprint density at radius 3 is 2.66 bits per heavy atom. The molecule has 1 amide bonds. The fourth-order valence-electron chi connectivity index (χ4n) is 5.17. The molecule has 1 aromatic heterocycles. The Balaban J connectivity index is 1.19. The number of nitrogens with zero attached hydrogens (tertiary/aromatic N) is 3. The van der Waals surface area contributed by atoms with E-state index in [1.807, 2.05) is 37.3 Å². The monoisotopic (exact) mass is 476 g/mol. The number of carbonyl (C=O) groups is 1. The van der Waals surface area contributed by atoms with Crippen molar-refractivity contribution in [2.45, 2.75) is 51.0 Å². The highest BCUT2D eigenvalue weighted by molar-refractivity contribution is 5.95. The van der Waals surface area contributed by atoms with Crippen LogP contribution in [0.3, 0.4) is 0 Å². The summed E-state index contributed by atoms with van der Waals surface area (Å²) in [5.41, 5.74) is 3.02. The summed E-state index contributed by atoms with van der Waals surface area (Å²) < 4.78 is 19.8. The standard InChI is InChI=1S/C28H33FN4O2/c1-20-16-22(29)17-33(20)27(34)18-32-14-11-23(12-15-32)31-25-9-10-26(28-24(25)8-5-13-30-28)35-19-21-6-3-2-4-7-21/h2-10,13,20,22-23,31H,11-12,14-19H2,1H3/t20-,22+/m1/s1. The summed E-state index contributed by atoms with van der Waals surface area (Å²) in [6.45, 7) is 4.75. The maximum absolute atomic E-state index is 13.7. The number of nitrogens with one attached hydrogen (secondary N) is 1. The van der Waals surface area contributed by atoms with E-state index in [9.17, 15) is 9.18 Å². The Labute approximate surface area is 206 Å². The third-order valence-corrected chi connectivity index (χ3v) is 7.12. The van der Waals surface area contributed by atoms with Crippen LogP contribution in [0.15, 0.2) is 60.8 Å².